The smallest absolute Gasteiger partial charge is 0.109 e. The van der Waals surface area contributed by atoms with Crippen LogP contribution in [-0.2, 0) is 0 Å². The van der Waals surface area contributed by atoms with E-state index >= 15 is 0 Å². The van der Waals surface area contributed by atoms with Crippen molar-refractivity contribution in [2.45, 2.75) is 39.5 Å². The minimum Gasteiger partial charge on any atom is -0.341 e. The highest BCUT2D eigenvalue weighted by Gasteiger charge is 2.16. The van der Waals surface area contributed by atoms with Crippen LogP contribution in [0.1, 0.15) is 51.2 Å². The Morgan fingerprint density at radius 1 is 0.730 bits per heavy atom. The molecule has 4 heterocycles. The molecule has 7 rings (SSSR count). The zero-order valence-electron chi connectivity index (χ0n) is 21.3. The number of imidazole rings is 2. The second-order valence-electron chi connectivity index (χ2n) is 10.4. The molecule has 0 atom stereocenters. The van der Waals surface area contributed by atoms with Gasteiger partial charge in [0, 0.05) is 39.7 Å². The molecule has 5 nitrogen and oxygen atoms in total. The van der Waals surface area contributed by atoms with Crippen LogP contribution in [0.4, 0.5) is 0 Å². The van der Waals surface area contributed by atoms with E-state index in [4.69, 9.17) is 4.98 Å². The SMILES string of the molecule is CC(C)c1ncc(-c2cc3ccc(-c4ccc5c(c4)c4ccncc4c4nc(C(C)C)[nH]c54)cc3s2)[nH]1. The summed E-state index contributed by atoms with van der Waals surface area (Å²) in [6.45, 7) is 8.65. The summed E-state index contributed by atoms with van der Waals surface area (Å²) in [7, 11) is 0. The lowest BCUT2D eigenvalue weighted by atomic mass is 9.96. The molecule has 3 aromatic carbocycles. The van der Waals surface area contributed by atoms with Crippen LogP contribution in [0, 0.1) is 0 Å². The molecule has 0 bridgehead atoms. The quantitative estimate of drug-likeness (QED) is 0.237. The highest BCUT2D eigenvalue weighted by molar-refractivity contribution is 7.22. The number of pyridine rings is 1. The Bertz CT molecular complexity index is 1950. The fourth-order valence-corrected chi connectivity index (χ4v) is 6.20. The number of rotatable bonds is 4. The number of nitrogens with one attached hydrogen (secondary N) is 2. The molecule has 0 saturated carbocycles. The number of benzene rings is 3. The zero-order valence-corrected chi connectivity index (χ0v) is 22.1. The third kappa shape index (κ3) is 3.55. The Labute approximate surface area is 218 Å². The van der Waals surface area contributed by atoms with Gasteiger partial charge in [0.05, 0.1) is 27.8 Å². The Morgan fingerprint density at radius 3 is 2.35 bits per heavy atom. The molecule has 0 spiro atoms. The summed E-state index contributed by atoms with van der Waals surface area (Å²) in [6, 6.07) is 17.9. The van der Waals surface area contributed by atoms with E-state index in [-0.39, 0.29) is 0 Å². The lowest BCUT2D eigenvalue weighted by molar-refractivity contribution is 0.795. The first-order chi connectivity index (χ1) is 18.0. The Balaban J connectivity index is 1.38. The first kappa shape index (κ1) is 22.2. The molecule has 0 unspecified atom stereocenters. The van der Waals surface area contributed by atoms with Gasteiger partial charge in [0.25, 0.3) is 0 Å². The maximum absolute atomic E-state index is 4.94. The van der Waals surface area contributed by atoms with Gasteiger partial charge in [-0.15, -0.1) is 11.3 Å². The zero-order chi connectivity index (χ0) is 25.3. The number of aromatic nitrogens is 5. The minimum absolute atomic E-state index is 0.328. The van der Waals surface area contributed by atoms with Gasteiger partial charge in [-0.2, -0.15) is 0 Å². The number of H-pyrrole nitrogens is 2. The molecule has 0 aliphatic rings. The molecule has 0 radical (unpaired) electrons. The van der Waals surface area contributed by atoms with E-state index in [0.717, 1.165) is 33.8 Å². The van der Waals surface area contributed by atoms with Gasteiger partial charge in [0.1, 0.15) is 11.6 Å². The van der Waals surface area contributed by atoms with E-state index in [2.05, 4.69) is 96.2 Å². The van der Waals surface area contributed by atoms with Crippen LogP contribution in [-0.4, -0.2) is 24.9 Å². The molecule has 0 amide bonds. The maximum Gasteiger partial charge on any atom is 0.109 e. The van der Waals surface area contributed by atoms with Crippen molar-refractivity contribution >= 4 is 54.0 Å². The van der Waals surface area contributed by atoms with Crippen molar-refractivity contribution in [2.75, 3.05) is 0 Å². The largest absolute Gasteiger partial charge is 0.341 e. The van der Waals surface area contributed by atoms with Gasteiger partial charge in [-0.1, -0.05) is 52.0 Å². The Morgan fingerprint density at radius 2 is 1.54 bits per heavy atom. The van der Waals surface area contributed by atoms with E-state index < -0.39 is 0 Å². The van der Waals surface area contributed by atoms with Crippen LogP contribution in [0.15, 0.2) is 67.1 Å². The van der Waals surface area contributed by atoms with Crippen molar-refractivity contribution in [3.63, 3.8) is 0 Å². The second kappa shape index (κ2) is 8.25. The van der Waals surface area contributed by atoms with Gasteiger partial charge in [0.15, 0.2) is 0 Å². The predicted octanol–water partition coefficient (Wildman–Crippen LogP) is 8.78. The minimum atomic E-state index is 0.328. The molecule has 4 aromatic heterocycles. The summed E-state index contributed by atoms with van der Waals surface area (Å²) in [4.78, 5) is 22.2. The molecule has 0 aliphatic heterocycles. The number of thiophene rings is 1. The van der Waals surface area contributed by atoms with Gasteiger partial charge in [-0.25, -0.2) is 9.97 Å². The molecule has 6 heteroatoms. The van der Waals surface area contributed by atoms with Gasteiger partial charge in [0.2, 0.25) is 0 Å². The molecule has 2 N–H and O–H groups in total. The van der Waals surface area contributed by atoms with E-state index in [0.29, 0.717) is 11.8 Å². The van der Waals surface area contributed by atoms with Crippen molar-refractivity contribution in [1.29, 1.82) is 0 Å². The summed E-state index contributed by atoms with van der Waals surface area (Å²) in [5, 5.41) is 5.93. The Hall–Kier alpha value is -4.03. The molecular formula is C31H27N5S. The first-order valence-electron chi connectivity index (χ1n) is 12.7. The summed E-state index contributed by atoms with van der Waals surface area (Å²) < 4.78 is 1.27. The predicted molar refractivity (Wildman–Crippen MR) is 155 cm³/mol. The molecule has 7 aromatic rings. The topological polar surface area (TPSA) is 70.2 Å². The maximum atomic E-state index is 4.94. The fourth-order valence-electron chi connectivity index (χ4n) is 5.14. The van der Waals surface area contributed by atoms with E-state index in [1.807, 2.05) is 18.6 Å². The Kier molecular flexibility index (Phi) is 4.95. The summed E-state index contributed by atoms with van der Waals surface area (Å²) in [6.07, 6.45) is 5.76. The number of hydrogen-bond donors (Lipinski definition) is 2. The summed E-state index contributed by atoms with van der Waals surface area (Å²) >= 11 is 1.80. The van der Waals surface area contributed by atoms with Gasteiger partial charge < -0.3 is 9.97 Å². The van der Waals surface area contributed by atoms with Gasteiger partial charge in [-0.05, 0) is 51.6 Å². The highest BCUT2D eigenvalue weighted by atomic mass is 32.1. The molecule has 0 fully saturated rings. The second-order valence-corrected chi connectivity index (χ2v) is 11.5. The van der Waals surface area contributed by atoms with Crippen LogP contribution in [0.3, 0.4) is 0 Å². The van der Waals surface area contributed by atoms with Crippen molar-refractivity contribution in [2.24, 2.45) is 0 Å². The van der Waals surface area contributed by atoms with Crippen molar-refractivity contribution in [3.8, 4) is 21.7 Å². The number of hydrogen-bond acceptors (Lipinski definition) is 4. The highest BCUT2D eigenvalue weighted by Crippen LogP contribution is 2.39. The van der Waals surface area contributed by atoms with Crippen LogP contribution >= 0.6 is 11.3 Å². The third-order valence-electron chi connectivity index (χ3n) is 7.19. The molecular weight excluding hydrogens is 474 g/mol. The molecule has 37 heavy (non-hydrogen) atoms. The monoisotopic (exact) mass is 501 g/mol. The lowest BCUT2D eigenvalue weighted by Gasteiger charge is -2.09. The fraction of sp³-hybridized carbons (Fsp3) is 0.194. The van der Waals surface area contributed by atoms with Crippen molar-refractivity contribution in [3.05, 3.63) is 78.8 Å². The lowest BCUT2D eigenvalue weighted by Crippen LogP contribution is -1.88. The number of fused-ring (bicyclic) bond motifs is 7. The van der Waals surface area contributed by atoms with Crippen molar-refractivity contribution < 1.29 is 0 Å². The van der Waals surface area contributed by atoms with E-state index in [9.17, 15) is 0 Å². The number of nitrogens with zero attached hydrogens (tertiary/aromatic N) is 3. The van der Waals surface area contributed by atoms with Crippen LogP contribution in [0.25, 0.3) is 64.4 Å². The molecule has 0 saturated heterocycles. The molecule has 0 aliphatic carbocycles. The van der Waals surface area contributed by atoms with E-state index in [1.54, 1.807) is 11.3 Å². The summed E-state index contributed by atoms with van der Waals surface area (Å²) in [5.41, 5.74) is 5.59. The average Bonchev–Trinajstić information content (AvgIpc) is 3.66. The van der Waals surface area contributed by atoms with Crippen molar-refractivity contribution in [1.82, 2.24) is 24.9 Å². The number of aromatic amines is 2. The van der Waals surface area contributed by atoms with Gasteiger partial charge in [-0.3, -0.25) is 4.98 Å². The normalized spacial score (nSPS) is 12.3. The van der Waals surface area contributed by atoms with Crippen LogP contribution in [0.2, 0.25) is 0 Å². The third-order valence-corrected chi connectivity index (χ3v) is 8.32. The van der Waals surface area contributed by atoms with Crippen LogP contribution < -0.4 is 0 Å². The standard InChI is InChI=1S/C31H27N5S/c1-16(2)30-33-15-25(34-30)27-13-20-6-5-19(12-26(20)37-27)18-7-8-22-23(11-18)21-9-10-32-14-24(21)29-28(22)35-31(36-29)17(3)4/h5-17H,1-4H3,(H,33,34)(H,35,36). The summed E-state index contributed by atoms with van der Waals surface area (Å²) in [5.74, 6) is 2.75. The van der Waals surface area contributed by atoms with Gasteiger partial charge >= 0.3 is 0 Å². The average molecular weight is 502 g/mol. The van der Waals surface area contributed by atoms with Crippen LogP contribution in [0.5, 0.6) is 0 Å². The molecule has 182 valence electrons. The first-order valence-corrected chi connectivity index (χ1v) is 13.6. The van der Waals surface area contributed by atoms with E-state index in [1.165, 1.54) is 42.2 Å².